The fourth-order valence-corrected chi connectivity index (χ4v) is 4.42. The number of carbonyl (C=O) groups excluding carboxylic acids is 2. The Morgan fingerprint density at radius 2 is 2.00 bits per heavy atom. The molecule has 0 saturated heterocycles. The smallest absolute Gasteiger partial charge is 0.293 e. The van der Waals surface area contributed by atoms with Gasteiger partial charge in [-0.15, -0.1) is 11.3 Å². The molecule has 1 aromatic heterocycles. The van der Waals surface area contributed by atoms with Crippen LogP contribution in [0.4, 0.5) is 5.69 Å². The van der Waals surface area contributed by atoms with Crippen LogP contribution in [-0.2, 0) is 14.3 Å². The summed E-state index contributed by atoms with van der Waals surface area (Å²) in [5.41, 5.74) is 4.88. The summed E-state index contributed by atoms with van der Waals surface area (Å²) in [6.45, 7) is 2.64. The molecule has 0 radical (unpaired) electrons. The van der Waals surface area contributed by atoms with Gasteiger partial charge in [-0.05, 0) is 36.6 Å². The number of aromatic nitrogens is 1. The van der Waals surface area contributed by atoms with Crippen molar-refractivity contribution < 1.29 is 14.3 Å². The number of aryl methyl sites for hydroxylation is 1. The van der Waals surface area contributed by atoms with Crippen LogP contribution in [0.5, 0.6) is 0 Å². The molecule has 27 heavy (non-hydrogen) atoms. The number of carbonyl (C=O) groups is 2. The molecule has 1 aliphatic rings. The molecular weight excluding hydrogens is 360 g/mol. The molecule has 136 valence electrons. The van der Waals surface area contributed by atoms with E-state index in [1.165, 1.54) is 0 Å². The largest absolute Gasteiger partial charge is 0.468 e. The molecular formula is C21H18N2O3S. The lowest BCUT2D eigenvalue weighted by molar-refractivity contribution is -0.129. The summed E-state index contributed by atoms with van der Waals surface area (Å²) >= 11 is 1.65. The molecule has 0 spiro atoms. The van der Waals surface area contributed by atoms with E-state index in [0.29, 0.717) is 12.9 Å². The molecule has 0 fully saturated rings. The highest BCUT2D eigenvalue weighted by molar-refractivity contribution is 7.18. The Bertz CT molecular complexity index is 998. The zero-order valence-electron chi connectivity index (χ0n) is 14.8. The molecule has 0 saturated carbocycles. The molecule has 1 aliphatic heterocycles. The van der Waals surface area contributed by atoms with Gasteiger partial charge in [-0.3, -0.25) is 9.59 Å². The summed E-state index contributed by atoms with van der Waals surface area (Å²) < 4.78 is 4.78. The highest BCUT2D eigenvalue weighted by Crippen LogP contribution is 2.41. The number of thiazole rings is 1. The van der Waals surface area contributed by atoms with Gasteiger partial charge in [0.05, 0.1) is 23.1 Å². The second-order valence-electron chi connectivity index (χ2n) is 6.40. The summed E-state index contributed by atoms with van der Waals surface area (Å²) in [4.78, 5) is 28.5. The van der Waals surface area contributed by atoms with Gasteiger partial charge in [0.1, 0.15) is 5.01 Å². The average Bonchev–Trinajstić information content (AvgIpc) is 3.22. The standard InChI is InChI=1S/C21H18N2O3S/c1-13-19(27-21(22-13)14-5-3-2-4-6-14)15-7-8-18-17(11-15)16(20(25)23-18)9-10-26-12-24/h2-8,11-12,16H,9-10H2,1H3,(H,23,25). The lowest BCUT2D eigenvalue weighted by Crippen LogP contribution is -2.13. The minimum absolute atomic E-state index is 0.0531. The SMILES string of the molecule is Cc1nc(-c2ccccc2)sc1-c1ccc2c(c1)C(CCOC=O)C(=O)N2. The monoisotopic (exact) mass is 378 g/mol. The fourth-order valence-electron chi connectivity index (χ4n) is 3.36. The molecule has 0 bridgehead atoms. The first kappa shape index (κ1) is 17.4. The maximum atomic E-state index is 12.3. The first-order valence-electron chi connectivity index (χ1n) is 8.70. The summed E-state index contributed by atoms with van der Waals surface area (Å²) in [5, 5.41) is 3.88. The van der Waals surface area contributed by atoms with E-state index in [2.05, 4.69) is 17.4 Å². The molecule has 3 aromatic rings. The molecule has 1 unspecified atom stereocenters. The number of rotatable bonds is 6. The van der Waals surface area contributed by atoms with Gasteiger partial charge in [0.2, 0.25) is 5.91 Å². The van der Waals surface area contributed by atoms with Crippen LogP contribution in [-0.4, -0.2) is 24.0 Å². The Labute approximate surface area is 161 Å². The number of benzene rings is 2. The van der Waals surface area contributed by atoms with Crippen LogP contribution in [0, 0.1) is 6.92 Å². The van der Waals surface area contributed by atoms with Gasteiger partial charge >= 0.3 is 0 Å². The first-order chi connectivity index (χ1) is 13.2. The zero-order valence-corrected chi connectivity index (χ0v) is 15.6. The van der Waals surface area contributed by atoms with E-state index < -0.39 is 0 Å². The molecule has 1 atom stereocenters. The van der Waals surface area contributed by atoms with Crippen LogP contribution in [0.1, 0.15) is 23.6 Å². The number of hydrogen-bond donors (Lipinski definition) is 1. The van der Waals surface area contributed by atoms with Crippen molar-refractivity contribution in [1.29, 1.82) is 0 Å². The third kappa shape index (κ3) is 3.36. The third-order valence-electron chi connectivity index (χ3n) is 4.67. The molecule has 4 rings (SSSR count). The van der Waals surface area contributed by atoms with Crippen molar-refractivity contribution in [3.8, 4) is 21.0 Å². The quantitative estimate of drug-likeness (QED) is 0.510. The number of amides is 1. The predicted molar refractivity (Wildman–Crippen MR) is 106 cm³/mol. The van der Waals surface area contributed by atoms with E-state index in [-0.39, 0.29) is 18.4 Å². The first-order valence-corrected chi connectivity index (χ1v) is 9.52. The van der Waals surface area contributed by atoms with Gasteiger partial charge in [0.15, 0.2) is 0 Å². The second-order valence-corrected chi connectivity index (χ2v) is 7.40. The molecule has 1 amide bonds. The van der Waals surface area contributed by atoms with Crippen molar-refractivity contribution >= 4 is 29.4 Å². The van der Waals surface area contributed by atoms with Gasteiger partial charge in [0, 0.05) is 11.3 Å². The Hall–Kier alpha value is -2.99. The van der Waals surface area contributed by atoms with Crippen LogP contribution in [0.25, 0.3) is 21.0 Å². The lowest BCUT2D eigenvalue weighted by Gasteiger charge is -2.09. The van der Waals surface area contributed by atoms with Crippen molar-refractivity contribution in [1.82, 2.24) is 4.98 Å². The maximum absolute atomic E-state index is 12.3. The van der Waals surface area contributed by atoms with Crippen molar-refractivity contribution in [3.05, 3.63) is 59.8 Å². The minimum Gasteiger partial charge on any atom is -0.468 e. The molecule has 2 aromatic carbocycles. The highest BCUT2D eigenvalue weighted by Gasteiger charge is 2.30. The normalized spacial score (nSPS) is 15.3. The van der Waals surface area contributed by atoms with Crippen LogP contribution in [0.3, 0.4) is 0 Å². The van der Waals surface area contributed by atoms with Crippen LogP contribution >= 0.6 is 11.3 Å². The third-order valence-corrected chi connectivity index (χ3v) is 5.93. The highest BCUT2D eigenvalue weighted by atomic mass is 32.1. The van der Waals surface area contributed by atoms with Gasteiger partial charge in [-0.25, -0.2) is 4.98 Å². The second kappa shape index (κ2) is 7.32. The Balaban J connectivity index is 1.67. The van der Waals surface area contributed by atoms with Crippen molar-refractivity contribution in [2.24, 2.45) is 0 Å². The van der Waals surface area contributed by atoms with Gasteiger partial charge in [-0.1, -0.05) is 36.4 Å². The number of nitrogens with one attached hydrogen (secondary N) is 1. The Kier molecular flexibility index (Phi) is 4.73. The Morgan fingerprint density at radius 1 is 1.19 bits per heavy atom. The van der Waals surface area contributed by atoms with Crippen molar-refractivity contribution in [2.45, 2.75) is 19.3 Å². The van der Waals surface area contributed by atoms with Crippen LogP contribution < -0.4 is 5.32 Å². The van der Waals surface area contributed by atoms with E-state index in [1.54, 1.807) is 11.3 Å². The van der Waals surface area contributed by atoms with Gasteiger partial charge < -0.3 is 10.1 Å². The molecule has 6 heteroatoms. The number of hydrogen-bond acceptors (Lipinski definition) is 5. The summed E-state index contributed by atoms with van der Waals surface area (Å²) in [5.74, 6) is -0.357. The molecule has 1 N–H and O–H groups in total. The van der Waals surface area contributed by atoms with E-state index in [0.717, 1.165) is 38.0 Å². The summed E-state index contributed by atoms with van der Waals surface area (Å²) in [6, 6.07) is 16.1. The van der Waals surface area contributed by atoms with E-state index >= 15 is 0 Å². The van der Waals surface area contributed by atoms with E-state index in [9.17, 15) is 9.59 Å². The molecule has 5 nitrogen and oxygen atoms in total. The number of nitrogens with zero attached hydrogens (tertiary/aromatic N) is 1. The van der Waals surface area contributed by atoms with Crippen LogP contribution in [0.15, 0.2) is 48.5 Å². The van der Waals surface area contributed by atoms with Crippen molar-refractivity contribution in [3.63, 3.8) is 0 Å². The van der Waals surface area contributed by atoms with Crippen LogP contribution in [0.2, 0.25) is 0 Å². The number of anilines is 1. The minimum atomic E-state index is -0.304. The predicted octanol–water partition coefficient (Wildman–Crippen LogP) is 4.38. The van der Waals surface area contributed by atoms with E-state index in [4.69, 9.17) is 9.72 Å². The Morgan fingerprint density at radius 3 is 2.78 bits per heavy atom. The maximum Gasteiger partial charge on any atom is 0.293 e. The summed E-state index contributed by atoms with van der Waals surface area (Å²) in [7, 11) is 0. The average molecular weight is 378 g/mol. The van der Waals surface area contributed by atoms with Gasteiger partial charge in [0.25, 0.3) is 6.47 Å². The zero-order chi connectivity index (χ0) is 18.8. The van der Waals surface area contributed by atoms with E-state index in [1.807, 2.05) is 43.3 Å². The van der Waals surface area contributed by atoms with Gasteiger partial charge in [-0.2, -0.15) is 0 Å². The van der Waals surface area contributed by atoms with Crippen molar-refractivity contribution in [2.75, 3.05) is 11.9 Å². The summed E-state index contributed by atoms with van der Waals surface area (Å²) in [6.07, 6.45) is 0.470. The number of ether oxygens (including phenoxy) is 1. The molecule has 0 aliphatic carbocycles. The molecule has 2 heterocycles. The fraction of sp³-hybridized carbons (Fsp3) is 0.190. The topological polar surface area (TPSA) is 68.3 Å². The number of fused-ring (bicyclic) bond motifs is 1. The lowest BCUT2D eigenvalue weighted by atomic mass is 9.95.